The number of unbranched alkanes of at least 4 members (excludes halogenated alkanes) is 6. The molecule has 1 aromatic rings. The van der Waals surface area contributed by atoms with Crippen molar-refractivity contribution < 1.29 is 9.84 Å². The molecule has 0 aliphatic carbocycles. The van der Waals surface area contributed by atoms with Crippen LogP contribution in [-0.4, -0.2) is 24.9 Å². The monoisotopic (exact) mass is 344 g/mol. The van der Waals surface area contributed by atoms with Crippen LogP contribution in [0.3, 0.4) is 0 Å². The van der Waals surface area contributed by atoms with Gasteiger partial charge in [0.25, 0.3) is 0 Å². The first-order valence-corrected chi connectivity index (χ1v) is 9.82. The highest BCUT2D eigenvalue weighted by Crippen LogP contribution is 2.13. The second kappa shape index (κ2) is 13.0. The molecular formula is C23H36O2. The van der Waals surface area contributed by atoms with Gasteiger partial charge in [-0.25, -0.2) is 0 Å². The van der Waals surface area contributed by atoms with Gasteiger partial charge in [-0.3, -0.25) is 0 Å². The van der Waals surface area contributed by atoms with Gasteiger partial charge in [-0.05, 0) is 57.7 Å². The zero-order valence-corrected chi connectivity index (χ0v) is 16.4. The van der Waals surface area contributed by atoms with Crippen molar-refractivity contribution >= 4 is 0 Å². The largest absolute Gasteiger partial charge is 0.394 e. The van der Waals surface area contributed by atoms with Crippen LogP contribution in [-0.2, 0) is 11.2 Å². The van der Waals surface area contributed by atoms with Crippen molar-refractivity contribution in [3.63, 3.8) is 0 Å². The summed E-state index contributed by atoms with van der Waals surface area (Å²) in [6.45, 7) is 7.81. The van der Waals surface area contributed by atoms with Crippen LogP contribution in [0.2, 0.25) is 0 Å². The molecule has 1 aromatic carbocycles. The van der Waals surface area contributed by atoms with Crippen LogP contribution in [0.1, 0.15) is 76.8 Å². The number of hydrogen-bond acceptors (Lipinski definition) is 2. The van der Waals surface area contributed by atoms with E-state index >= 15 is 0 Å². The lowest BCUT2D eigenvalue weighted by Gasteiger charge is -2.07. The molecule has 0 fully saturated rings. The third kappa shape index (κ3) is 12.7. The van der Waals surface area contributed by atoms with E-state index in [0.717, 1.165) is 18.6 Å². The highest BCUT2D eigenvalue weighted by Gasteiger charge is 2.03. The van der Waals surface area contributed by atoms with E-state index in [1.54, 1.807) is 0 Å². The molecular weight excluding hydrogens is 308 g/mol. The maximum Gasteiger partial charge on any atom is 0.0697 e. The fourth-order valence-electron chi connectivity index (χ4n) is 2.60. The van der Waals surface area contributed by atoms with Crippen LogP contribution in [0.15, 0.2) is 24.3 Å². The predicted molar refractivity (Wildman–Crippen MR) is 107 cm³/mol. The number of aliphatic hydroxyl groups is 1. The quantitative estimate of drug-likeness (QED) is 0.408. The van der Waals surface area contributed by atoms with Gasteiger partial charge in [0.2, 0.25) is 0 Å². The minimum Gasteiger partial charge on any atom is -0.394 e. The molecule has 140 valence electrons. The van der Waals surface area contributed by atoms with Crippen LogP contribution < -0.4 is 0 Å². The Kier molecular flexibility index (Phi) is 11.3. The van der Waals surface area contributed by atoms with Crippen LogP contribution in [0, 0.1) is 17.3 Å². The Labute approximate surface area is 155 Å². The van der Waals surface area contributed by atoms with E-state index in [1.807, 2.05) is 0 Å². The summed E-state index contributed by atoms with van der Waals surface area (Å²) in [4.78, 5) is 0. The maximum atomic E-state index is 8.61. The van der Waals surface area contributed by atoms with Crippen LogP contribution in [0.25, 0.3) is 0 Å². The molecule has 25 heavy (non-hydrogen) atoms. The smallest absolute Gasteiger partial charge is 0.0697 e. The topological polar surface area (TPSA) is 29.5 Å². The molecule has 0 saturated heterocycles. The second-order valence-corrected chi connectivity index (χ2v) is 7.76. The van der Waals surface area contributed by atoms with Crippen LogP contribution in [0.4, 0.5) is 0 Å². The van der Waals surface area contributed by atoms with E-state index in [1.165, 1.54) is 50.5 Å². The summed E-state index contributed by atoms with van der Waals surface area (Å²) in [5.74, 6) is 6.53. The SMILES string of the molecule is CC(C)(C)C#Cc1ccc(CCCCCCCCCOCCO)cc1. The van der Waals surface area contributed by atoms with Crippen molar-refractivity contribution in [3.05, 3.63) is 35.4 Å². The average Bonchev–Trinajstić information content (AvgIpc) is 2.58. The average molecular weight is 345 g/mol. The van der Waals surface area contributed by atoms with Gasteiger partial charge in [-0.2, -0.15) is 0 Å². The lowest BCUT2D eigenvalue weighted by Crippen LogP contribution is -2.00. The van der Waals surface area contributed by atoms with E-state index in [4.69, 9.17) is 9.84 Å². The first kappa shape index (κ1) is 21.7. The Morgan fingerprint density at radius 3 is 2.04 bits per heavy atom. The highest BCUT2D eigenvalue weighted by atomic mass is 16.5. The van der Waals surface area contributed by atoms with Gasteiger partial charge >= 0.3 is 0 Å². The molecule has 0 saturated carbocycles. The van der Waals surface area contributed by atoms with E-state index in [0.29, 0.717) is 6.61 Å². The number of hydrogen-bond donors (Lipinski definition) is 1. The van der Waals surface area contributed by atoms with Gasteiger partial charge in [0, 0.05) is 17.6 Å². The molecule has 0 spiro atoms. The third-order valence-electron chi connectivity index (χ3n) is 4.03. The Balaban J connectivity index is 2.06. The van der Waals surface area contributed by atoms with Gasteiger partial charge in [0.1, 0.15) is 0 Å². The molecule has 2 nitrogen and oxygen atoms in total. The molecule has 0 heterocycles. The third-order valence-corrected chi connectivity index (χ3v) is 4.03. The molecule has 1 N–H and O–H groups in total. The summed E-state index contributed by atoms with van der Waals surface area (Å²) in [6.07, 6.45) is 10.0. The Hall–Kier alpha value is -1.30. The van der Waals surface area contributed by atoms with Crippen molar-refractivity contribution in [2.24, 2.45) is 5.41 Å². The van der Waals surface area contributed by atoms with Gasteiger partial charge in [-0.15, -0.1) is 0 Å². The van der Waals surface area contributed by atoms with E-state index < -0.39 is 0 Å². The maximum absolute atomic E-state index is 8.61. The van der Waals surface area contributed by atoms with Gasteiger partial charge in [-0.1, -0.05) is 56.1 Å². The van der Waals surface area contributed by atoms with Gasteiger partial charge < -0.3 is 9.84 Å². The van der Waals surface area contributed by atoms with Crippen molar-refractivity contribution in [1.82, 2.24) is 0 Å². The molecule has 0 aliphatic heterocycles. The minimum absolute atomic E-state index is 0.0606. The van der Waals surface area contributed by atoms with Crippen molar-refractivity contribution in [2.45, 2.75) is 72.1 Å². The molecule has 0 amide bonds. The van der Waals surface area contributed by atoms with Crippen molar-refractivity contribution in [3.8, 4) is 11.8 Å². The summed E-state index contributed by atoms with van der Waals surface area (Å²) in [7, 11) is 0. The molecule has 1 rings (SSSR count). The highest BCUT2D eigenvalue weighted by molar-refractivity contribution is 5.37. The van der Waals surface area contributed by atoms with E-state index in [9.17, 15) is 0 Å². The Morgan fingerprint density at radius 1 is 0.840 bits per heavy atom. The van der Waals surface area contributed by atoms with Crippen molar-refractivity contribution in [2.75, 3.05) is 19.8 Å². The van der Waals surface area contributed by atoms with Gasteiger partial charge in [0.05, 0.1) is 13.2 Å². The molecule has 0 aromatic heterocycles. The number of aliphatic hydroxyl groups excluding tert-OH is 1. The summed E-state index contributed by atoms with van der Waals surface area (Å²) in [6, 6.07) is 8.73. The summed E-state index contributed by atoms with van der Waals surface area (Å²) >= 11 is 0. The summed E-state index contributed by atoms with van der Waals surface area (Å²) in [5.41, 5.74) is 2.59. The van der Waals surface area contributed by atoms with Gasteiger partial charge in [0.15, 0.2) is 0 Å². The number of benzene rings is 1. The second-order valence-electron chi connectivity index (χ2n) is 7.76. The first-order chi connectivity index (χ1) is 12.0. The standard InChI is InChI=1S/C23H36O2/c1-23(2,3)17-16-22-14-12-21(13-15-22)11-9-7-5-4-6-8-10-19-25-20-18-24/h12-15,24H,4-11,18-20H2,1-3H3. The predicted octanol–water partition coefficient (Wildman–Crippen LogP) is 5.37. The zero-order valence-electron chi connectivity index (χ0n) is 16.4. The Bertz CT molecular complexity index is 500. The lowest BCUT2D eigenvalue weighted by atomic mass is 9.97. The first-order valence-electron chi connectivity index (χ1n) is 9.82. The number of rotatable bonds is 12. The Morgan fingerprint density at radius 2 is 1.44 bits per heavy atom. The fourth-order valence-corrected chi connectivity index (χ4v) is 2.60. The molecule has 2 heteroatoms. The summed E-state index contributed by atoms with van der Waals surface area (Å²) in [5, 5.41) is 8.61. The molecule has 0 aliphatic rings. The number of aryl methyl sites for hydroxylation is 1. The molecule has 0 atom stereocenters. The summed E-state index contributed by atoms with van der Waals surface area (Å²) < 4.78 is 5.26. The molecule has 0 bridgehead atoms. The fraction of sp³-hybridized carbons (Fsp3) is 0.652. The van der Waals surface area contributed by atoms with Crippen LogP contribution in [0.5, 0.6) is 0 Å². The zero-order chi connectivity index (χ0) is 18.4. The molecule has 0 radical (unpaired) electrons. The van der Waals surface area contributed by atoms with E-state index in [-0.39, 0.29) is 12.0 Å². The minimum atomic E-state index is 0.0606. The lowest BCUT2D eigenvalue weighted by molar-refractivity contribution is 0.0895. The van der Waals surface area contributed by atoms with E-state index in [2.05, 4.69) is 56.9 Å². The normalized spacial score (nSPS) is 11.2. The van der Waals surface area contributed by atoms with Crippen LogP contribution >= 0.6 is 0 Å². The molecule has 0 unspecified atom stereocenters. The number of ether oxygens (including phenoxy) is 1. The van der Waals surface area contributed by atoms with Crippen molar-refractivity contribution in [1.29, 1.82) is 0 Å².